The minimum Gasteiger partial charge on any atom is -0.494 e. The van der Waals surface area contributed by atoms with Crippen molar-refractivity contribution in [2.45, 2.75) is 25.9 Å². The van der Waals surface area contributed by atoms with Crippen LogP contribution in [0.5, 0.6) is 5.75 Å². The molecule has 2 rings (SSSR count). The highest BCUT2D eigenvalue weighted by atomic mass is 16.5. The molecule has 1 aromatic carbocycles. The lowest BCUT2D eigenvalue weighted by molar-refractivity contribution is -0.120. The highest BCUT2D eigenvalue weighted by Crippen LogP contribution is 2.18. The second-order valence-corrected chi connectivity index (χ2v) is 5.91. The van der Waals surface area contributed by atoms with Gasteiger partial charge in [0, 0.05) is 38.8 Å². The molecule has 1 fully saturated rings. The van der Waals surface area contributed by atoms with Crippen molar-refractivity contribution in [1.82, 2.24) is 9.80 Å². The summed E-state index contributed by atoms with van der Waals surface area (Å²) in [5.74, 6) is 0.585. The van der Waals surface area contributed by atoms with E-state index in [9.17, 15) is 9.90 Å². The average molecular weight is 321 g/mol. The van der Waals surface area contributed by atoms with Crippen LogP contribution in [0.3, 0.4) is 0 Å². The van der Waals surface area contributed by atoms with Crippen LogP contribution >= 0.6 is 0 Å². The van der Waals surface area contributed by atoms with Crippen LogP contribution in [0.1, 0.15) is 18.9 Å². The van der Waals surface area contributed by atoms with E-state index in [2.05, 4.69) is 21.9 Å². The lowest BCUT2D eigenvalue weighted by Gasteiger charge is -2.41. The molecule has 1 aliphatic heterocycles. The number of carbonyl (C=O) groups is 1. The zero-order valence-electron chi connectivity index (χ0n) is 13.8. The van der Waals surface area contributed by atoms with Gasteiger partial charge in [-0.2, -0.15) is 0 Å². The topological polar surface area (TPSA) is 79.0 Å². The van der Waals surface area contributed by atoms with E-state index in [1.807, 2.05) is 19.1 Å². The van der Waals surface area contributed by atoms with Gasteiger partial charge in [-0.05, 0) is 31.0 Å². The Morgan fingerprint density at radius 1 is 1.35 bits per heavy atom. The monoisotopic (exact) mass is 321 g/mol. The predicted octanol–water partition coefficient (Wildman–Crippen LogP) is 0.439. The molecule has 1 heterocycles. The third-order valence-electron chi connectivity index (χ3n) is 4.15. The fourth-order valence-corrected chi connectivity index (χ4v) is 3.04. The van der Waals surface area contributed by atoms with Crippen LogP contribution in [0.25, 0.3) is 0 Å². The quantitative estimate of drug-likeness (QED) is 0.726. The second-order valence-electron chi connectivity index (χ2n) is 5.91. The molecule has 0 aliphatic carbocycles. The van der Waals surface area contributed by atoms with Crippen molar-refractivity contribution in [3.63, 3.8) is 0 Å². The van der Waals surface area contributed by atoms with Crippen molar-refractivity contribution in [3.05, 3.63) is 29.8 Å². The lowest BCUT2D eigenvalue weighted by Crippen LogP contribution is -2.54. The molecule has 0 spiro atoms. The highest BCUT2D eigenvalue weighted by molar-refractivity contribution is 5.75. The number of hydrogen-bond acceptors (Lipinski definition) is 5. The van der Waals surface area contributed by atoms with Gasteiger partial charge in [0.1, 0.15) is 5.75 Å². The molecule has 3 N–H and O–H groups in total. The van der Waals surface area contributed by atoms with Crippen molar-refractivity contribution < 1.29 is 14.6 Å². The lowest BCUT2D eigenvalue weighted by atomic mass is 10.1. The van der Waals surface area contributed by atoms with Crippen LogP contribution < -0.4 is 10.5 Å². The molecule has 23 heavy (non-hydrogen) atoms. The normalized spacial score (nSPS) is 19.7. The van der Waals surface area contributed by atoms with Crippen LogP contribution in [0.2, 0.25) is 0 Å². The summed E-state index contributed by atoms with van der Waals surface area (Å²) < 4.78 is 5.46. The summed E-state index contributed by atoms with van der Waals surface area (Å²) in [7, 11) is 0. The Labute approximate surface area is 137 Å². The molecule has 1 aromatic rings. The maximum absolute atomic E-state index is 11.1. The molecule has 1 aliphatic rings. The van der Waals surface area contributed by atoms with E-state index >= 15 is 0 Å². The van der Waals surface area contributed by atoms with E-state index in [1.54, 1.807) is 0 Å². The Morgan fingerprint density at radius 3 is 2.70 bits per heavy atom. The summed E-state index contributed by atoms with van der Waals surface area (Å²) in [6.45, 7) is 6.36. The largest absolute Gasteiger partial charge is 0.494 e. The Balaban J connectivity index is 1.95. The summed E-state index contributed by atoms with van der Waals surface area (Å²) in [6, 6.07) is 8.37. The fourth-order valence-electron chi connectivity index (χ4n) is 3.04. The zero-order valence-corrected chi connectivity index (χ0v) is 13.8. The van der Waals surface area contributed by atoms with Gasteiger partial charge in [-0.25, -0.2) is 0 Å². The van der Waals surface area contributed by atoms with Gasteiger partial charge < -0.3 is 15.6 Å². The van der Waals surface area contributed by atoms with Crippen molar-refractivity contribution in [1.29, 1.82) is 0 Å². The van der Waals surface area contributed by atoms with Crippen molar-refractivity contribution in [3.8, 4) is 5.75 Å². The molecule has 0 saturated carbocycles. The van der Waals surface area contributed by atoms with Gasteiger partial charge in [0.2, 0.25) is 5.91 Å². The molecule has 0 bridgehead atoms. The van der Waals surface area contributed by atoms with Crippen LogP contribution in [0, 0.1) is 0 Å². The van der Waals surface area contributed by atoms with Crippen LogP contribution in [-0.4, -0.2) is 66.2 Å². The molecule has 0 unspecified atom stereocenters. The van der Waals surface area contributed by atoms with E-state index in [1.165, 1.54) is 5.56 Å². The number of primary amides is 1. The van der Waals surface area contributed by atoms with Crippen molar-refractivity contribution in [2.24, 2.45) is 5.73 Å². The van der Waals surface area contributed by atoms with E-state index in [-0.39, 0.29) is 18.6 Å². The number of carbonyl (C=O) groups excluding carboxylic acids is 1. The van der Waals surface area contributed by atoms with Gasteiger partial charge in [0.15, 0.2) is 0 Å². The number of amides is 1. The number of benzene rings is 1. The van der Waals surface area contributed by atoms with Gasteiger partial charge in [0.05, 0.1) is 13.2 Å². The summed E-state index contributed by atoms with van der Waals surface area (Å²) >= 11 is 0. The Bertz CT molecular complexity index is 492. The molecule has 1 atom stereocenters. The van der Waals surface area contributed by atoms with Gasteiger partial charge in [-0.1, -0.05) is 12.1 Å². The maximum Gasteiger partial charge on any atom is 0.231 e. The predicted molar refractivity (Wildman–Crippen MR) is 89.1 cm³/mol. The first-order chi connectivity index (χ1) is 11.1. The smallest absolute Gasteiger partial charge is 0.231 e. The van der Waals surface area contributed by atoms with Gasteiger partial charge in [-0.3, -0.25) is 14.6 Å². The number of aliphatic hydroxyl groups excluding tert-OH is 1. The number of nitrogens with two attached hydrogens (primary N) is 1. The maximum atomic E-state index is 11.1. The molecule has 0 radical (unpaired) electrons. The Kier molecular flexibility index (Phi) is 6.83. The average Bonchev–Trinajstić information content (AvgIpc) is 2.52. The minimum atomic E-state index is -0.298. The summed E-state index contributed by atoms with van der Waals surface area (Å²) in [4.78, 5) is 15.5. The molecule has 6 nitrogen and oxygen atoms in total. The SMILES string of the molecule is CCOc1ccc(CN2CCN(CC(N)=O)C[C@@H]2CCO)cc1. The van der Waals surface area contributed by atoms with Gasteiger partial charge in [-0.15, -0.1) is 0 Å². The minimum absolute atomic E-state index is 0.148. The van der Waals surface area contributed by atoms with Gasteiger partial charge in [0.25, 0.3) is 0 Å². The van der Waals surface area contributed by atoms with Crippen LogP contribution in [-0.2, 0) is 11.3 Å². The Morgan fingerprint density at radius 2 is 2.09 bits per heavy atom. The van der Waals surface area contributed by atoms with Crippen molar-refractivity contribution >= 4 is 5.91 Å². The van der Waals surface area contributed by atoms with Crippen LogP contribution in [0.4, 0.5) is 0 Å². The van der Waals surface area contributed by atoms with Crippen LogP contribution in [0.15, 0.2) is 24.3 Å². The Hall–Kier alpha value is -1.63. The number of hydrogen-bond donors (Lipinski definition) is 2. The van der Waals surface area contributed by atoms with E-state index in [4.69, 9.17) is 10.5 Å². The number of nitrogens with zero attached hydrogens (tertiary/aromatic N) is 2. The van der Waals surface area contributed by atoms with E-state index in [0.29, 0.717) is 19.6 Å². The standard InChI is InChI=1S/C17H27N3O3/c1-2-23-16-5-3-14(4-6-16)11-20-9-8-19(13-17(18)22)12-15(20)7-10-21/h3-6,15,21H,2,7-13H2,1H3,(H2,18,22)/t15-/m0/s1. The van der Waals surface area contributed by atoms with E-state index in [0.717, 1.165) is 31.9 Å². The summed E-state index contributed by atoms with van der Waals surface area (Å²) in [6.07, 6.45) is 0.701. The molecule has 1 amide bonds. The number of aliphatic hydroxyl groups is 1. The zero-order chi connectivity index (χ0) is 16.7. The summed E-state index contributed by atoms with van der Waals surface area (Å²) in [5, 5.41) is 9.31. The summed E-state index contributed by atoms with van der Waals surface area (Å²) in [5.41, 5.74) is 6.51. The molecule has 0 aromatic heterocycles. The molecule has 6 heteroatoms. The molecule has 128 valence electrons. The first kappa shape index (κ1) is 17.7. The molecule has 1 saturated heterocycles. The number of rotatable bonds is 8. The van der Waals surface area contributed by atoms with Crippen molar-refractivity contribution in [2.75, 3.05) is 39.4 Å². The first-order valence-corrected chi connectivity index (χ1v) is 8.19. The van der Waals surface area contributed by atoms with E-state index < -0.39 is 0 Å². The number of ether oxygens (including phenoxy) is 1. The third-order valence-corrected chi connectivity index (χ3v) is 4.15. The first-order valence-electron chi connectivity index (χ1n) is 8.19. The number of piperazine rings is 1. The highest BCUT2D eigenvalue weighted by Gasteiger charge is 2.27. The molecular formula is C17H27N3O3. The van der Waals surface area contributed by atoms with Gasteiger partial charge >= 0.3 is 0 Å². The fraction of sp³-hybridized carbons (Fsp3) is 0.588. The third kappa shape index (κ3) is 5.49. The molecular weight excluding hydrogens is 294 g/mol. The second kappa shape index (κ2) is 8.86.